The van der Waals surface area contributed by atoms with Crippen molar-refractivity contribution in [3.05, 3.63) is 29.3 Å². The van der Waals surface area contributed by atoms with E-state index in [1.54, 1.807) is 0 Å². The van der Waals surface area contributed by atoms with Crippen LogP contribution >= 0.6 is 0 Å². The van der Waals surface area contributed by atoms with Gasteiger partial charge >= 0.3 is 0 Å². The number of nitrogens with one attached hydrogen (secondary N) is 1. The number of hydrogen-bond acceptors (Lipinski definition) is 3. The van der Waals surface area contributed by atoms with Crippen molar-refractivity contribution in [3.63, 3.8) is 0 Å². The number of likely N-dealkylation sites (N-methyl/N-ethyl adjacent to an activating group) is 1. The SMILES string of the molecule is CCNC(C)(CO)CCCOc1ccc2c(c1)CCCC2. The van der Waals surface area contributed by atoms with Crippen LogP contribution in [-0.4, -0.2) is 30.4 Å². The lowest BCUT2D eigenvalue weighted by Gasteiger charge is -2.28. The maximum atomic E-state index is 9.46. The van der Waals surface area contributed by atoms with Gasteiger partial charge < -0.3 is 15.2 Å². The summed E-state index contributed by atoms with van der Waals surface area (Å²) in [6.45, 7) is 5.88. The van der Waals surface area contributed by atoms with Gasteiger partial charge in [0.05, 0.1) is 13.2 Å². The van der Waals surface area contributed by atoms with Gasteiger partial charge in [-0.1, -0.05) is 13.0 Å². The van der Waals surface area contributed by atoms with Gasteiger partial charge in [0.25, 0.3) is 0 Å². The quantitative estimate of drug-likeness (QED) is 0.723. The minimum Gasteiger partial charge on any atom is -0.494 e. The molecule has 0 saturated heterocycles. The van der Waals surface area contributed by atoms with Crippen LogP contribution in [0.25, 0.3) is 0 Å². The lowest BCUT2D eigenvalue weighted by atomic mass is 9.92. The zero-order chi connectivity index (χ0) is 15.1. The van der Waals surface area contributed by atoms with Crippen LogP contribution in [0.3, 0.4) is 0 Å². The molecule has 2 N–H and O–H groups in total. The molecule has 21 heavy (non-hydrogen) atoms. The molecule has 1 aromatic carbocycles. The van der Waals surface area contributed by atoms with Gasteiger partial charge in [0.1, 0.15) is 5.75 Å². The van der Waals surface area contributed by atoms with Crippen LogP contribution in [0.15, 0.2) is 18.2 Å². The summed E-state index contributed by atoms with van der Waals surface area (Å²) in [6.07, 6.45) is 6.89. The van der Waals surface area contributed by atoms with Crippen molar-refractivity contribution in [2.45, 2.75) is 57.9 Å². The molecule has 3 nitrogen and oxygen atoms in total. The van der Waals surface area contributed by atoms with E-state index in [4.69, 9.17) is 4.74 Å². The van der Waals surface area contributed by atoms with Gasteiger partial charge in [-0.15, -0.1) is 0 Å². The van der Waals surface area contributed by atoms with Gasteiger partial charge in [0, 0.05) is 5.54 Å². The molecular formula is C18H29NO2. The average Bonchev–Trinajstić information content (AvgIpc) is 2.52. The molecule has 0 radical (unpaired) electrons. The van der Waals surface area contributed by atoms with E-state index in [2.05, 4.69) is 37.4 Å². The molecule has 0 fully saturated rings. The molecule has 0 bridgehead atoms. The van der Waals surface area contributed by atoms with Crippen molar-refractivity contribution in [3.8, 4) is 5.75 Å². The summed E-state index contributed by atoms with van der Waals surface area (Å²) in [5, 5.41) is 12.8. The summed E-state index contributed by atoms with van der Waals surface area (Å²) in [4.78, 5) is 0. The summed E-state index contributed by atoms with van der Waals surface area (Å²) in [7, 11) is 0. The summed E-state index contributed by atoms with van der Waals surface area (Å²) in [5.74, 6) is 0.991. The highest BCUT2D eigenvalue weighted by Gasteiger charge is 2.21. The van der Waals surface area contributed by atoms with E-state index in [1.165, 1.54) is 36.8 Å². The Balaban J connectivity index is 1.78. The van der Waals surface area contributed by atoms with E-state index < -0.39 is 0 Å². The molecule has 118 valence electrons. The molecule has 1 aromatic rings. The number of fused-ring (bicyclic) bond motifs is 1. The van der Waals surface area contributed by atoms with Gasteiger partial charge in [-0.25, -0.2) is 0 Å². The van der Waals surface area contributed by atoms with E-state index in [0.29, 0.717) is 6.61 Å². The second-order valence-corrected chi connectivity index (χ2v) is 6.34. The molecule has 0 spiro atoms. The van der Waals surface area contributed by atoms with E-state index >= 15 is 0 Å². The monoisotopic (exact) mass is 291 g/mol. The average molecular weight is 291 g/mol. The molecule has 0 aromatic heterocycles. The second kappa shape index (κ2) is 7.81. The Hall–Kier alpha value is -1.06. The minimum atomic E-state index is -0.187. The van der Waals surface area contributed by atoms with Gasteiger partial charge in [0.15, 0.2) is 0 Å². The first-order valence-electron chi connectivity index (χ1n) is 8.27. The molecule has 1 unspecified atom stereocenters. The van der Waals surface area contributed by atoms with Crippen LogP contribution in [0.4, 0.5) is 0 Å². The number of rotatable bonds is 8. The summed E-state index contributed by atoms with van der Waals surface area (Å²) in [6, 6.07) is 6.53. The largest absolute Gasteiger partial charge is 0.494 e. The number of aliphatic hydroxyl groups is 1. The third-order valence-electron chi connectivity index (χ3n) is 4.41. The Labute approximate surface area is 128 Å². The molecule has 3 heteroatoms. The lowest BCUT2D eigenvalue weighted by Crippen LogP contribution is -2.45. The number of aryl methyl sites for hydroxylation is 2. The van der Waals surface area contributed by atoms with Gasteiger partial charge in [-0.3, -0.25) is 0 Å². The predicted molar refractivity (Wildman–Crippen MR) is 87.0 cm³/mol. The molecule has 2 rings (SSSR count). The van der Waals surface area contributed by atoms with E-state index in [1.807, 2.05) is 0 Å². The molecular weight excluding hydrogens is 262 g/mol. The first-order chi connectivity index (χ1) is 10.2. The van der Waals surface area contributed by atoms with Crippen molar-refractivity contribution < 1.29 is 9.84 Å². The zero-order valence-corrected chi connectivity index (χ0v) is 13.5. The zero-order valence-electron chi connectivity index (χ0n) is 13.5. The summed E-state index contributed by atoms with van der Waals surface area (Å²) >= 11 is 0. The highest BCUT2D eigenvalue weighted by atomic mass is 16.5. The maximum absolute atomic E-state index is 9.46. The van der Waals surface area contributed by atoms with E-state index in [-0.39, 0.29) is 12.1 Å². The highest BCUT2D eigenvalue weighted by Crippen LogP contribution is 2.25. The molecule has 0 amide bonds. The van der Waals surface area contributed by atoms with Gasteiger partial charge in [0.2, 0.25) is 0 Å². The van der Waals surface area contributed by atoms with Crippen molar-refractivity contribution in [2.24, 2.45) is 0 Å². The molecule has 1 aliphatic carbocycles. The Morgan fingerprint density at radius 1 is 1.24 bits per heavy atom. The summed E-state index contributed by atoms with van der Waals surface area (Å²) < 4.78 is 5.88. The normalized spacial score (nSPS) is 17.1. The van der Waals surface area contributed by atoms with Crippen molar-refractivity contribution in [1.82, 2.24) is 5.32 Å². The predicted octanol–water partition coefficient (Wildman–Crippen LogP) is 3.08. The van der Waals surface area contributed by atoms with Crippen LogP contribution in [0.5, 0.6) is 5.75 Å². The fourth-order valence-corrected chi connectivity index (χ4v) is 3.10. The number of benzene rings is 1. The van der Waals surface area contributed by atoms with Crippen LogP contribution < -0.4 is 10.1 Å². The van der Waals surface area contributed by atoms with Crippen molar-refractivity contribution in [2.75, 3.05) is 19.8 Å². The standard InChI is InChI=1S/C18H29NO2/c1-3-19-18(2,14-20)11-6-12-21-17-10-9-15-7-4-5-8-16(15)13-17/h9-10,13,19-20H,3-8,11-12,14H2,1-2H3. The fraction of sp³-hybridized carbons (Fsp3) is 0.667. The fourth-order valence-electron chi connectivity index (χ4n) is 3.10. The first kappa shape index (κ1) is 16.3. The molecule has 1 atom stereocenters. The minimum absolute atomic E-state index is 0.166. The van der Waals surface area contributed by atoms with Crippen LogP contribution in [0.2, 0.25) is 0 Å². The van der Waals surface area contributed by atoms with Gasteiger partial charge in [-0.2, -0.15) is 0 Å². The van der Waals surface area contributed by atoms with Crippen molar-refractivity contribution >= 4 is 0 Å². The molecule has 0 heterocycles. The lowest BCUT2D eigenvalue weighted by molar-refractivity contribution is 0.158. The maximum Gasteiger partial charge on any atom is 0.119 e. The van der Waals surface area contributed by atoms with Crippen LogP contribution in [0.1, 0.15) is 50.7 Å². The number of hydrogen-bond donors (Lipinski definition) is 2. The van der Waals surface area contributed by atoms with E-state index in [9.17, 15) is 5.11 Å². The second-order valence-electron chi connectivity index (χ2n) is 6.34. The Kier molecular flexibility index (Phi) is 6.07. The topological polar surface area (TPSA) is 41.5 Å². The molecule has 0 saturated carbocycles. The summed E-state index contributed by atoms with van der Waals surface area (Å²) in [5.41, 5.74) is 2.77. The first-order valence-corrected chi connectivity index (χ1v) is 8.27. The van der Waals surface area contributed by atoms with Crippen LogP contribution in [0, 0.1) is 0 Å². The Morgan fingerprint density at radius 2 is 2.00 bits per heavy atom. The molecule has 0 aliphatic heterocycles. The molecule has 1 aliphatic rings. The smallest absolute Gasteiger partial charge is 0.119 e. The number of ether oxygens (including phenoxy) is 1. The number of aliphatic hydroxyl groups excluding tert-OH is 1. The van der Waals surface area contributed by atoms with Crippen molar-refractivity contribution in [1.29, 1.82) is 0 Å². The van der Waals surface area contributed by atoms with Crippen LogP contribution in [-0.2, 0) is 12.8 Å². The third-order valence-corrected chi connectivity index (χ3v) is 4.41. The Bertz CT molecular complexity index is 447. The highest BCUT2D eigenvalue weighted by molar-refractivity contribution is 5.37. The third kappa shape index (κ3) is 4.72. The van der Waals surface area contributed by atoms with E-state index in [0.717, 1.165) is 25.1 Å². The van der Waals surface area contributed by atoms with Gasteiger partial charge in [-0.05, 0) is 75.3 Å². The Morgan fingerprint density at radius 3 is 2.71 bits per heavy atom.